The average Bonchev–Trinajstić information content (AvgIpc) is 2.70. The van der Waals surface area contributed by atoms with Crippen molar-refractivity contribution in [2.24, 2.45) is 0 Å². The van der Waals surface area contributed by atoms with Crippen molar-refractivity contribution in [1.82, 2.24) is 15.5 Å². The molecular weight excluding hydrogens is 259 g/mol. The summed E-state index contributed by atoms with van der Waals surface area (Å²) >= 11 is 0. The van der Waals surface area contributed by atoms with E-state index in [-0.39, 0.29) is 11.7 Å². The summed E-state index contributed by atoms with van der Waals surface area (Å²) in [4.78, 5) is 11.8. The zero-order valence-corrected chi connectivity index (χ0v) is 10.4. The zero-order valence-electron chi connectivity index (χ0n) is 10.4. The number of carbonyl (C=O) groups is 1. The fraction of sp³-hybridized carbons (Fsp3) is 0.667. The Hall–Kier alpha value is -1.53. The fourth-order valence-electron chi connectivity index (χ4n) is 2.27. The van der Waals surface area contributed by atoms with Gasteiger partial charge in [-0.15, -0.1) is 0 Å². The number of carbonyl (C=O) groups excluding carboxylic acids is 1. The summed E-state index contributed by atoms with van der Waals surface area (Å²) in [6.45, 7) is 0. The first-order chi connectivity index (χ1) is 8.97. The quantitative estimate of drug-likeness (QED) is 0.815. The maximum Gasteiger partial charge on any atom is 0.432 e. The molecule has 1 saturated carbocycles. The Balaban J connectivity index is 1.97. The molecule has 0 aliphatic heterocycles. The number of hydrogen-bond acceptors (Lipinski definition) is 2. The number of aromatic amines is 1. The van der Waals surface area contributed by atoms with E-state index in [4.69, 9.17) is 0 Å². The highest BCUT2D eigenvalue weighted by Gasteiger charge is 2.34. The molecule has 0 bridgehead atoms. The molecule has 7 heteroatoms. The number of halogens is 3. The molecule has 0 radical (unpaired) electrons. The van der Waals surface area contributed by atoms with Gasteiger partial charge in [0.05, 0.1) is 0 Å². The minimum absolute atomic E-state index is 0.0426. The third-order valence-electron chi connectivity index (χ3n) is 3.31. The van der Waals surface area contributed by atoms with Crippen molar-refractivity contribution < 1.29 is 18.0 Å². The number of alkyl halides is 3. The molecule has 1 fully saturated rings. The number of aromatic nitrogens is 2. The van der Waals surface area contributed by atoms with Crippen molar-refractivity contribution in [3.05, 3.63) is 17.5 Å². The van der Waals surface area contributed by atoms with Crippen molar-refractivity contribution >= 4 is 5.91 Å². The van der Waals surface area contributed by atoms with Gasteiger partial charge in [0.2, 0.25) is 0 Å². The van der Waals surface area contributed by atoms with E-state index in [2.05, 4.69) is 10.4 Å². The van der Waals surface area contributed by atoms with Gasteiger partial charge in [-0.25, -0.2) is 0 Å². The average molecular weight is 275 g/mol. The van der Waals surface area contributed by atoms with E-state index in [1.807, 2.05) is 5.10 Å². The third kappa shape index (κ3) is 3.71. The van der Waals surface area contributed by atoms with Crippen molar-refractivity contribution in [3.8, 4) is 0 Å². The van der Waals surface area contributed by atoms with E-state index in [1.165, 1.54) is 0 Å². The second kappa shape index (κ2) is 5.63. The standard InChI is InChI=1S/C12H16F3N3O/c13-12(14,15)10-7-9(17-18-10)11(19)16-8-5-3-1-2-4-6-8/h7-8H,1-6H2,(H,16,19)(H,17,18). The molecule has 1 amide bonds. The van der Waals surface area contributed by atoms with Crippen LogP contribution in [0.15, 0.2) is 6.07 Å². The van der Waals surface area contributed by atoms with Crippen LogP contribution in [-0.2, 0) is 6.18 Å². The normalized spacial score (nSPS) is 18.1. The highest BCUT2D eigenvalue weighted by atomic mass is 19.4. The Kier molecular flexibility index (Phi) is 4.11. The van der Waals surface area contributed by atoms with Gasteiger partial charge >= 0.3 is 6.18 Å². The van der Waals surface area contributed by atoms with E-state index in [0.29, 0.717) is 0 Å². The number of nitrogens with one attached hydrogen (secondary N) is 2. The lowest BCUT2D eigenvalue weighted by Crippen LogP contribution is -2.34. The first kappa shape index (κ1) is 13.9. The van der Waals surface area contributed by atoms with Gasteiger partial charge in [0, 0.05) is 12.1 Å². The Morgan fingerprint density at radius 1 is 1.26 bits per heavy atom. The molecule has 1 aromatic heterocycles. The van der Waals surface area contributed by atoms with Gasteiger partial charge in [0.25, 0.3) is 5.91 Å². The Labute approximate surface area is 108 Å². The first-order valence-corrected chi connectivity index (χ1v) is 6.40. The number of amides is 1. The molecule has 1 aromatic rings. The number of hydrogen-bond donors (Lipinski definition) is 2. The Morgan fingerprint density at radius 2 is 1.89 bits per heavy atom. The molecular formula is C12H16F3N3O. The SMILES string of the molecule is O=C(NC1CCCCCC1)c1cc(C(F)(F)F)[nH]n1. The van der Waals surface area contributed by atoms with Gasteiger partial charge in [-0.05, 0) is 12.8 Å². The third-order valence-corrected chi connectivity index (χ3v) is 3.31. The predicted octanol–water partition coefficient (Wildman–Crippen LogP) is 2.88. The predicted molar refractivity (Wildman–Crippen MR) is 62.5 cm³/mol. The molecule has 2 rings (SSSR count). The molecule has 19 heavy (non-hydrogen) atoms. The minimum Gasteiger partial charge on any atom is -0.348 e. The molecule has 1 heterocycles. The maximum absolute atomic E-state index is 12.4. The Bertz CT molecular complexity index is 434. The molecule has 0 spiro atoms. The maximum atomic E-state index is 12.4. The molecule has 1 aliphatic carbocycles. The van der Waals surface area contributed by atoms with E-state index >= 15 is 0 Å². The van der Waals surface area contributed by atoms with Crippen molar-refractivity contribution in [2.45, 2.75) is 50.7 Å². The van der Waals surface area contributed by atoms with E-state index in [0.717, 1.165) is 44.6 Å². The van der Waals surface area contributed by atoms with Gasteiger partial charge in [-0.1, -0.05) is 25.7 Å². The van der Waals surface area contributed by atoms with Crippen molar-refractivity contribution in [1.29, 1.82) is 0 Å². The van der Waals surface area contributed by atoms with Crippen LogP contribution in [0.1, 0.15) is 54.7 Å². The Morgan fingerprint density at radius 3 is 2.42 bits per heavy atom. The van der Waals surface area contributed by atoms with Crippen molar-refractivity contribution in [2.75, 3.05) is 0 Å². The first-order valence-electron chi connectivity index (χ1n) is 6.40. The second-order valence-corrected chi connectivity index (χ2v) is 4.83. The highest BCUT2D eigenvalue weighted by Crippen LogP contribution is 2.27. The topological polar surface area (TPSA) is 57.8 Å². The van der Waals surface area contributed by atoms with Crippen LogP contribution >= 0.6 is 0 Å². The summed E-state index contributed by atoms with van der Waals surface area (Å²) in [7, 11) is 0. The van der Waals surface area contributed by atoms with Gasteiger partial charge in [-0.3, -0.25) is 9.89 Å². The summed E-state index contributed by atoms with van der Waals surface area (Å²) < 4.78 is 37.1. The molecule has 106 valence electrons. The summed E-state index contributed by atoms with van der Waals surface area (Å²) in [5.74, 6) is -0.543. The van der Waals surface area contributed by atoms with Crippen LogP contribution in [-0.4, -0.2) is 22.1 Å². The van der Waals surface area contributed by atoms with Crippen LogP contribution in [0.4, 0.5) is 13.2 Å². The van der Waals surface area contributed by atoms with Gasteiger partial charge in [-0.2, -0.15) is 18.3 Å². The lowest BCUT2D eigenvalue weighted by molar-refractivity contribution is -0.141. The van der Waals surface area contributed by atoms with Crippen LogP contribution in [0.25, 0.3) is 0 Å². The molecule has 0 saturated heterocycles. The van der Waals surface area contributed by atoms with Crippen LogP contribution in [0.5, 0.6) is 0 Å². The summed E-state index contributed by atoms with van der Waals surface area (Å²) in [5.41, 5.74) is -1.21. The molecule has 0 aromatic carbocycles. The van der Waals surface area contributed by atoms with Crippen LogP contribution in [0.2, 0.25) is 0 Å². The van der Waals surface area contributed by atoms with E-state index in [1.54, 1.807) is 0 Å². The monoisotopic (exact) mass is 275 g/mol. The van der Waals surface area contributed by atoms with Gasteiger partial charge < -0.3 is 5.32 Å². The molecule has 4 nitrogen and oxygen atoms in total. The molecule has 2 N–H and O–H groups in total. The molecule has 0 unspecified atom stereocenters. The largest absolute Gasteiger partial charge is 0.432 e. The summed E-state index contributed by atoms with van der Waals surface area (Å²) in [6.07, 6.45) is 1.62. The lowest BCUT2D eigenvalue weighted by atomic mass is 10.1. The van der Waals surface area contributed by atoms with Gasteiger partial charge in [0.1, 0.15) is 5.69 Å². The summed E-state index contributed by atoms with van der Waals surface area (Å²) in [6, 6.07) is 0.785. The smallest absolute Gasteiger partial charge is 0.348 e. The van der Waals surface area contributed by atoms with E-state index in [9.17, 15) is 18.0 Å². The van der Waals surface area contributed by atoms with Crippen molar-refractivity contribution in [3.63, 3.8) is 0 Å². The molecule has 1 aliphatic rings. The molecule has 0 atom stereocenters. The fourth-order valence-corrected chi connectivity index (χ4v) is 2.27. The minimum atomic E-state index is -4.51. The van der Waals surface area contributed by atoms with Gasteiger partial charge in [0.15, 0.2) is 5.69 Å². The van der Waals surface area contributed by atoms with Crippen LogP contribution in [0, 0.1) is 0 Å². The number of rotatable bonds is 2. The second-order valence-electron chi connectivity index (χ2n) is 4.83. The number of nitrogens with zero attached hydrogens (tertiary/aromatic N) is 1. The lowest BCUT2D eigenvalue weighted by Gasteiger charge is -2.14. The highest BCUT2D eigenvalue weighted by molar-refractivity contribution is 5.92. The zero-order chi connectivity index (χ0) is 13.9. The number of H-pyrrole nitrogens is 1. The van der Waals surface area contributed by atoms with Crippen LogP contribution < -0.4 is 5.32 Å². The summed E-state index contributed by atoms with van der Waals surface area (Å²) in [5, 5.41) is 8.01. The van der Waals surface area contributed by atoms with Crippen LogP contribution in [0.3, 0.4) is 0 Å². The van der Waals surface area contributed by atoms with E-state index < -0.39 is 17.8 Å².